The number of aryl methyl sites for hydroxylation is 2. The molecule has 3 amide bonds. The lowest BCUT2D eigenvalue weighted by molar-refractivity contribution is -0.133. The van der Waals surface area contributed by atoms with E-state index in [1.807, 2.05) is 43.3 Å². The zero-order chi connectivity index (χ0) is 46.5. The van der Waals surface area contributed by atoms with Gasteiger partial charge in [0.25, 0.3) is 11.5 Å². The second kappa shape index (κ2) is 18.4. The van der Waals surface area contributed by atoms with Crippen molar-refractivity contribution < 1.29 is 23.2 Å². The number of hydrogen-bond donors (Lipinski definition) is 3. The number of aromatic nitrogens is 3. The van der Waals surface area contributed by atoms with Crippen LogP contribution in [-0.2, 0) is 23.1 Å². The summed E-state index contributed by atoms with van der Waals surface area (Å²) in [5.74, 6) is -1.11. The number of carbonyl (C=O) groups excluding carboxylic acids is 3. The van der Waals surface area contributed by atoms with Gasteiger partial charge in [0.15, 0.2) is 0 Å². The molecule has 0 radical (unpaired) electrons. The van der Waals surface area contributed by atoms with E-state index in [1.54, 1.807) is 22.9 Å². The average molecular weight is 913 g/mol. The molecule has 0 aliphatic carbocycles. The number of nitrogens with zero attached hydrogens (tertiary/aromatic N) is 7. The molecule has 0 spiro atoms. The lowest BCUT2D eigenvalue weighted by atomic mass is 9.92. The predicted octanol–water partition coefficient (Wildman–Crippen LogP) is 6.02. The Balaban J connectivity index is 0.716. The molecule has 67 heavy (non-hydrogen) atoms. The molecule has 2 aromatic carbocycles. The zero-order valence-electron chi connectivity index (χ0n) is 38.4. The molecule has 350 valence electrons. The summed E-state index contributed by atoms with van der Waals surface area (Å²) in [6, 6.07) is 13.7. The number of hydrogen-bond acceptors (Lipinski definition) is 10. The van der Waals surface area contributed by atoms with E-state index < -0.39 is 11.9 Å². The SMILES string of the molecule is Cc1cc(C(=O)N2CCC(CN3CCN(c4ccc(N[C@@H]5CCC(=O)NC5=O)cc4F)CC3)CC2)cc(F)c1C1=CCN([C@@H](C)c2cc3c(-n4ccc5c(c4=O)CCN5)ccnc3n2C)CC1. The Kier molecular flexibility index (Phi) is 12.2. The van der Waals surface area contributed by atoms with Crippen LogP contribution < -0.4 is 26.4 Å². The normalized spacial score (nSPS) is 20.1. The summed E-state index contributed by atoms with van der Waals surface area (Å²) in [4.78, 5) is 64.3. The molecular formula is C51H58F2N10O4. The van der Waals surface area contributed by atoms with Crippen LogP contribution in [-0.4, -0.2) is 118 Å². The van der Waals surface area contributed by atoms with Crippen molar-refractivity contribution >= 4 is 51.4 Å². The first-order valence-corrected chi connectivity index (χ1v) is 23.7. The van der Waals surface area contributed by atoms with Gasteiger partial charge in [-0.1, -0.05) is 6.08 Å². The van der Waals surface area contributed by atoms with Crippen LogP contribution in [0.3, 0.4) is 0 Å². The number of halogens is 2. The highest BCUT2D eigenvalue weighted by Gasteiger charge is 2.31. The average Bonchev–Trinajstić information content (AvgIpc) is 3.95. The smallest absolute Gasteiger partial charge is 0.260 e. The van der Waals surface area contributed by atoms with Gasteiger partial charge in [-0.3, -0.25) is 38.9 Å². The number of likely N-dealkylation sites (tertiary alicyclic amines) is 1. The zero-order valence-corrected chi connectivity index (χ0v) is 38.4. The maximum absolute atomic E-state index is 16.1. The number of piperidine rings is 2. The lowest BCUT2D eigenvalue weighted by Gasteiger charge is -2.39. The molecule has 2 atom stereocenters. The third-order valence-corrected chi connectivity index (χ3v) is 14.8. The lowest BCUT2D eigenvalue weighted by Crippen LogP contribution is -2.49. The molecule has 5 aliphatic rings. The Morgan fingerprint density at radius 1 is 0.896 bits per heavy atom. The van der Waals surface area contributed by atoms with Gasteiger partial charge in [0.1, 0.15) is 23.3 Å². The summed E-state index contributed by atoms with van der Waals surface area (Å²) in [5, 5.41) is 9.58. The fourth-order valence-electron chi connectivity index (χ4n) is 11.0. The van der Waals surface area contributed by atoms with E-state index in [0.717, 1.165) is 90.4 Å². The molecule has 16 heteroatoms. The fourth-order valence-corrected chi connectivity index (χ4v) is 11.0. The van der Waals surface area contributed by atoms with Gasteiger partial charge in [0.2, 0.25) is 11.8 Å². The number of benzene rings is 2. The van der Waals surface area contributed by atoms with Crippen LogP contribution in [0.2, 0.25) is 0 Å². The van der Waals surface area contributed by atoms with Crippen LogP contribution in [0.15, 0.2) is 71.8 Å². The van der Waals surface area contributed by atoms with Crippen molar-refractivity contribution in [3.05, 3.63) is 117 Å². The number of rotatable bonds is 10. The highest BCUT2D eigenvalue weighted by molar-refractivity contribution is 6.01. The molecule has 8 heterocycles. The number of piperazine rings is 1. The minimum atomic E-state index is -0.571. The van der Waals surface area contributed by atoms with Crippen LogP contribution in [0, 0.1) is 24.5 Å². The largest absolute Gasteiger partial charge is 0.384 e. The molecule has 3 aromatic heterocycles. The second-order valence-corrected chi connectivity index (χ2v) is 18.9. The molecule has 14 nitrogen and oxygen atoms in total. The number of pyridine rings is 2. The molecular weight excluding hydrogens is 855 g/mol. The van der Waals surface area contributed by atoms with Crippen molar-refractivity contribution in [3.63, 3.8) is 0 Å². The van der Waals surface area contributed by atoms with Crippen molar-refractivity contribution in [2.45, 2.75) is 64.5 Å². The summed E-state index contributed by atoms with van der Waals surface area (Å²) in [6.45, 7) is 11.3. The number of carbonyl (C=O) groups is 3. The summed E-state index contributed by atoms with van der Waals surface area (Å²) in [5.41, 5.74) is 8.12. The number of imide groups is 1. The summed E-state index contributed by atoms with van der Waals surface area (Å²) < 4.78 is 35.2. The maximum atomic E-state index is 16.1. The Morgan fingerprint density at radius 3 is 2.43 bits per heavy atom. The van der Waals surface area contributed by atoms with E-state index in [-0.39, 0.29) is 41.5 Å². The minimum absolute atomic E-state index is 0.00632. The third kappa shape index (κ3) is 8.72. The first kappa shape index (κ1) is 44.4. The van der Waals surface area contributed by atoms with Gasteiger partial charge in [0, 0.05) is 136 Å². The molecule has 3 saturated heterocycles. The maximum Gasteiger partial charge on any atom is 0.260 e. The van der Waals surface area contributed by atoms with Gasteiger partial charge < -0.3 is 25.0 Å². The van der Waals surface area contributed by atoms with Crippen LogP contribution in [0.5, 0.6) is 0 Å². The third-order valence-electron chi connectivity index (χ3n) is 14.8. The number of anilines is 3. The molecule has 0 saturated carbocycles. The van der Waals surface area contributed by atoms with E-state index >= 15 is 8.78 Å². The van der Waals surface area contributed by atoms with E-state index in [9.17, 15) is 19.2 Å². The predicted molar refractivity (Wildman–Crippen MR) is 256 cm³/mol. The second-order valence-electron chi connectivity index (χ2n) is 18.9. The van der Waals surface area contributed by atoms with Crippen LogP contribution in [0.4, 0.5) is 25.8 Å². The van der Waals surface area contributed by atoms with Crippen LogP contribution in [0.25, 0.3) is 22.3 Å². The molecule has 0 unspecified atom stereocenters. The number of amides is 3. The van der Waals surface area contributed by atoms with Gasteiger partial charge in [-0.05, 0) is 112 Å². The minimum Gasteiger partial charge on any atom is -0.384 e. The quantitative estimate of drug-likeness (QED) is 0.143. The molecule has 10 rings (SSSR count). The highest BCUT2D eigenvalue weighted by Crippen LogP contribution is 2.35. The first-order valence-electron chi connectivity index (χ1n) is 23.7. The van der Waals surface area contributed by atoms with Crippen molar-refractivity contribution in [1.29, 1.82) is 0 Å². The van der Waals surface area contributed by atoms with E-state index in [2.05, 4.69) is 54.3 Å². The Bertz CT molecular complexity index is 2830. The standard InChI is InChI=1S/C51H58F2N10O4/c1-31-26-35(50(66)62-17-10-33(11-18-62)30-59-22-24-61(25-23-59)44-6-4-36(28-39(44)52)56-42-5-7-46(64)57-49(42)65)27-40(53)47(31)34-12-19-60(20-13-34)32(2)45-29-38-43(9-16-55-48(38)58(45)3)63-21-14-41-37(51(63)67)8-15-54-41/h4,6,9,12,14,16,21,26-29,32-33,42,54,56H,5,7-8,10-11,13,15,17-20,22-25,30H2,1-3H3,(H,57,64,65)/t32-,42+/m0/s1. The molecule has 3 fully saturated rings. The fraction of sp³-hybridized carbons (Fsp3) is 0.431. The van der Waals surface area contributed by atoms with Gasteiger partial charge in [-0.2, -0.15) is 0 Å². The summed E-state index contributed by atoms with van der Waals surface area (Å²) >= 11 is 0. The van der Waals surface area contributed by atoms with Crippen molar-refractivity contribution in [2.75, 3.05) is 81.0 Å². The van der Waals surface area contributed by atoms with Gasteiger partial charge in [-0.15, -0.1) is 0 Å². The van der Waals surface area contributed by atoms with E-state index in [4.69, 9.17) is 4.98 Å². The number of fused-ring (bicyclic) bond motifs is 2. The van der Waals surface area contributed by atoms with Crippen LogP contribution in [0.1, 0.15) is 77.8 Å². The van der Waals surface area contributed by atoms with Crippen molar-refractivity contribution in [2.24, 2.45) is 13.0 Å². The van der Waals surface area contributed by atoms with Gasteiger partial charge in [0.05, 0.1) is 11.4 Å². The molecule has 5 aliphatic heterocycles. The van der Waals surface area contributed by atoms with Gasteiger partial charge in [-0.25, -0.2) is 13.8 Å². The molecule has 0 bridgehead atoms. The van der Waals surface area contributed by atoms with Crippen LogP contribution >= 0.6 is 0 Å². The highest BCUT2D eigenvalue weighted by atomic mass is 19.1. The summed E-state index contributed by atoms with van der Waals surface area (Å²) in [7, 11) is 2.01. The Labute approximate surface area is 388 Å². The van der Waals surface area contributed by atoms with E-state index in [1.165, 1.54) is 12.1 Å². The monoisotopic (exact) mass is 912 g/mol. The summed E-state index contributed by atoms with van der Waals surface area (Å²) in [6.07, 6.45) is 9.44. The molecule has 3 N–H and O–H groups in total. The molecule has 5 aromatic rings. The Morgan fingerprint density at radius 2 is 1.70 bits per heavy atom. The van der Waals surface area contributed by atoms with Crippen molar-refractivity contribution in [3.8, 4) is 5.69 Å². The topological polar surface area (TPSA) is 140 Å². The van der Waals surface area contributed by atoms with Gasteiger partial charge >= 0.3 is 0 Å². The number of nitrogens with one attached hydrogen (secondary N) is 3. The van der Waals surface area contributed by atoms with E-state index in [0.29, 0.717) is 80.4 Å². The Hall–Kier alpha value is -6.39. The first-order chi connectivity index (χ1) is 32.4. The van der Waals surface area contributed by atoms with Crippen molar-refractivity contribution in [1.82, 2.24) is 34.1 Å².